The van der Waals surface area contributed by atoms with Crippen molar-refractivity contribution in [1.29, 1.82) is 0 Å². The van der Waals surface area contributed by atoms with Gasteiger partial charge in [0.1, 0.15) is 0 Å². The Morgan fingerprint density at radius 2 is 1.52 bits per heavy atom. The molecule has 1 N–H and O–H groups in total. The summed E-state index contributed by atoms with van der Waals surface area (Å²) in [5.74, 6) is 0. The standard InChI is InChI=1S/C16H12Cl2N2O2S/c17-15-8-7-14(11-16(15)18)23(21,22)19-12-3-5-13(6-4-12)20-9-1-2-10-20/h1-11,19H. The average Bonchev–Trinajstić information content (AvgIpc) is 3.04. The third-order valence-electron chi connectivity index (χ3n) is 3.22. The first-order chi connectivity index (χ1) is 11.0. The Labute approximate surface area is 144 Å². The number of nitrogens with zero attached hydrogens (tertiary/aromatic N) is 1. The molecule has 1 heterocycles. The fourth-order valence-corrected chi connectivity index (χ4v) is 3.51. The van der Waals surface area contributed by atoms with Gasteiger partial charge < -0.3 is 4.57 Å². The first-order valence-corrected chi connectivity index (χ1v) is 8.91. The molecule has 23 heavy (non-hydrogen) atoms. The predicted molar refractivity (Wildman–Crippen MR) is 93.0 cm³/mol. The average molecular weight is 367 g/mol. The third-order valence-corrected chi connectivity index (χ3v) is 5.34. The maximum absolute atomic E-state index is 12.4. The predicted octanol–water partition coefficient (Wildman–Crippen LogP) is 4.58. The minimum atomic E-state index is -3.72. The SMILES string of the molecule is O=S(=O)(Nc1ccc(-n2cccc2)cc1)c1ccc(Cl)c(Cl)c1. The highest BCUT2D eigenvalue weighted by Gasteiger charge is 2.15. The second-order valence-electron chi connectivity index (χ2n) is 4.82. The summed E-state index contributed by atoms with van der Waals surface area (Å²) < 4.78 is 29.2. The molecule has 0 fully saturated rings. The molecule has 3 aromatic rings. The van der Waals surface area contributed by atoms with Crippen LogP contribution in [0.4, 0.5) is 5.69 Å². The number of nitrogens with one attached hydrogen (secondary N) is 1. The quantitative estimate of drug-likeness (QED) is 0.734. The lowest BCUT2D eigenvalue weighted by atomic mass is 10.3. The van der Waals surface area contributed by atoms with E-state index in [1.807, 2.05) is 41.2 Å². The van der Waals surface area contributed by atoms with E-state index >= 15 is 0 Å². The van der Waals surface area contributed by atoms with Gasteiger partial charge in [0.05, 0.1) is 14.9 Å². The molecule has 0 saturated heterocycles. The van der Waals surface area contributed by atoms with Gasteiger partial charge >= 0.3 is 0 Å². The second kappa shape index (κ2) is 6.28. The molecule has 118 valence electrons. The highest BCUT2D eigenvalue weighted by atomic mass is 35.5. The van der Waals surface area contributed by atoms with Crippen molar-refractivity contribution in [3.05, 3.63) is 77.0 Å². The molecule has 3 rings (SSSR count). The summed E-state index contributed by atoms with van der Waals surface area (Å²) in [6.45, 7) is 0. The van der Waals surface area contributed by atoms with E-state index in [1.165, 1.54) is 18.2 Å². The molecular weight excluding hydrogens is 355 g/mol. The second-order valence-corrected chi connectivity index (χ2v) is 7.32. The molecule has 1 aromatic heterocycles. The summed E-state index contributed by atoms with van der Waals surface area (Å²) in [7, 11) is -3.72. The number of benzene rings is 2. The molecule has 0 radical (unpaired) electrons. The van der Waals surface area contributed by atoms with E-state index in [1.54, 1.807) is 12.1 Å². The molecule has 2 aromatic carbocycles. The van der Waals surface area contributed by atoms with Gasteiger partial charge in [0, 0.05) is 23.8 Å². The van der Waals surface area contributed by atoms with E-state index in [2.05, 4.69) is 4.72 Å². The number of hydrogen-bond donors (Lipinski definition) is 1. The van der Waals surface area contributed by atoms with Crippen molar-refractivity contribution >= 4 is 38.9 Å². The molecule has 0 unspecified atom stereocenters. The monoisotopic (exact) mass is 366 g/mol. The number of halogens is 2. The molecule has 4 nitrogen and oxygen atoms in total. The van der Waals surface area contributed by atoms with Crippen molar-refractivity contribution in [2.45, 2.75) is 4.90 Å². The molecule has 0 spiro atoms. The van der Waals surface area contributed by atoms with E-state index in [4.69, 9.17) is 23.2 Å². The highest BCUT2D eigenvalue weighted by Crippen LogP contribution is 2.26. The van der Waals surface area contributed by atoms with Crippen LogP contribution in [0.1, 0.15) is 0 Å². The van der Waals surface area contributed by atoms with Gasteiger partial charge in [-0.2, -0.15) is 0 Å². The largest absolute Gasteiger partial charge is 0.324 e. The molecular formula is C16H12Cl2N2O2S. The Kier molecular flexibility index (Phi) is 4.35. The Bertz CT molecular complexity index is 921. The van der Waals surface area contributed by atoms with Crippen LogP contribution in [0.5, 0.6) is 0 Å². The molecule has 0 aliphatic rings. The van der Waals surface area contributed by atoms with Crippen LogP contribution in [0.2, 0.25) is 10.0 Å². The number of sulfonamides is 1. The van der Waals surface area contributed by atoms with Crippen molar-refractivity contribution < 1.29 is 8.42 Å². The Balaban J connectivity index is 1.84. The lowest BCUT2D eigenvalue weighted by molar-refractivity contribution is 0.601. The first kappa shape index (κ1) is 15.9. The highest BCUT2D eigenvalue weighted by molar-refractivity contribution is 7.92. The molecule has 0 saturated carbocycles. The normalized spacial score (nSPS) is 11.4. The number of aromatic nitrogens is 1. The minimum Gasteiger partial charge on any atom is -0.324 e. The smallest absolute Gasteiger partial charge is 0.261 e. The van der Waals surface area contributed by atoms with Gasteiger partial charge in [-0.05, 0) is 54.6 Å². The molecule has 0 atom stereocenters. The van der Waals surface area contributed by atoms with Gasteiger partial charge in [0.25, 0.3) is 10.0 Å². The van der Waals surface area contributed by atoms with E-state index in [0.717, 1.165) is 5.69 Å². The van der Waals surface area contributed by atoms with Crippen LogP contribution in [0.3, 0.4) is 0 Å². The van der Waals surface area contributed by atoms with Gasteiger partial charge in [-0.3, -0.25) is 4.72 Å². The van der Waals surface area contributed by atoms with E-state index < -0.39 is 10.0 Å². The number of hydrogen-bond acceptors (Lipinski definition) is 2. The summed E-state index contributed by atoms with van der Waals surface area (Å²) in [5.41, 5.74) is 1.40. The van der Waals surface area contributed by atoms with Crippen molar-refractivity contribution in [2.75, 3.05) is 4.72 Å². The van der Waals surface area contributed by atoms with E-state index in [-0.39, 0.29) is 9.92 Å². The number of anilines is 1. The molecule has 0 bridgehead atoms. The maximum atomic E-state index is 12.4. The molecule has 0 aliphatic carbocycles. The summed E-state index contributed by atoms with van der Waals surface area (Å²) in [6, 6.07) is 15.1. The van der Waals surface area contributed by atoms with Crippen molar-refractivity contribution in [3.8, 4) is 5.69 Å². The summed E-state index contributed by atoms with van der Waals surface area (Å²) in [5, 5.41) is 0.499. The Hall–Kier alpha value is -1.95. The topological polar surface area (TPSA) is 51.1 Å². The lowest BCUT2D eigenvalue weighted by Crippen LogP contribution is -2.12. The van der Waals surface area contributed by atoms with Crippen LogP contribution in [-0.4, -0.2) is 13.0 Å². The minimum absolute atomic E-state index is 0.0568. The van der Waals surface area contributed by atoms with Crippen LogP contribution < -0.4 is 4.72 Å². The Morgan fingerprint density at radius 1 is 0.870 bits per heavy atom. The van der Waals surface area contributed by atoms with Gasteiger partial charge in [-0.15, -0.1) is 0 Å². The van der Waals surface area contributed by atoms with Gasteiger partial charge in [0.15, 0.2) is 0 Å². The van der Waals surface area contributed by atoms with Crippen LogP contribution in [0, 0.1) is 0 Å². The zero-order valence-electron chi connectivity index (χ0n) is 11.8. The third kappa shape index (κ3) is 3.52. The van der Waals surface area contributed by atoms with E-state index in [9.17, 15) is 8.42 Å². The van der Waals surface area contributed by atoms with Crippen LogP contribution in [0.15, 0.2) is 71.9 Å². The van der Waals surface area contributed by atoms with Gasteiger partial charge in [-0.1, -0.05) is 23.2 Å². The van der Waals surface area contributed by atoms with Crippen LogP contribution >= 0.6 is 23.2 Å². The summed E-state index contributed by atoms with van der Waals surface area (Å²) in [4.78, 5) is 0.0568. The maximum Gasteiger partial charge on any atom is 0.261 e. The summed E-state index contributed by atoms with van der Waals surface area (Å²) in [6.07, 6.45) is 3.82. The fraction of sp³-hybridized carbons (Fsp3) is 0. The van der Waals surface area contributed by atoms with Crippen molar-refractivity contribution in [2.24, 2.45) is 0 Å². The van der Waals surface area contributed by atoms with Gasteiger partial charge in [-0.25, -0.2) is 8.42 Å². The first-order valence-electron chi connectivity index (χ1n) is 6.67. The molecule has 0 aliphatic heterocycles. The van der Waals surface area contributed by atoms with Gasteiger partial charge in [0.2, 0.25) is 0 Å². The lowest BCUT2D eigenvalue weighted by Gasteiger charge is -2.10. The van der Waals surface area contributed by atoms with Crippen molar-refractivity contribution in [1.82, 2.24) is 4.57 Å². The zero-order chi connectivity index (χ0) is 16.4. The van der Waals surface area contributed by atoms with Crippen LogP contribution in [-0.2, 0) is 10.0 Å². The van der Waals surface area contributed by atoms with E-state index in [0.29, 0.717) is 10.7 Å². The fourth-order valence-electron chi connectivity index (χ4n) is 2.07. The van der Waals surface area contributed by atoms with Crippen LogP contribution in [0.25, 0.3) is 5.69 Å². The summed E-state index contributed by atoms with van der Waals surface area (Å²) >= 11 is 11.7. The molecule has 0 amide bonds. The van der Waals surface area contributed by atoms with Crippen molar-refractivity contribution in [3.63, 3.8) is 0 Å². The Morgan fingerprint density at radius 3 is 2.13 bits per heavy atom. The zero-order valence-corrected chi connectivity index (χ0v) is 14.1. The number of rotatable bonds is 4. The molecule has 7 heteroatoms.